The van der Waals surface area contributed by atoms with Crippen LogP contribution >= 0.6 is 0 Å². The molecule has 0 saturated heterocycles. The van der Waals surface area contributed by atoms with Crippen LogP contribution in [0.4, 0.5) is 13.2 Å². The molecule has 0 radical (unpaired) electrons. The molecule has 2 aromatic heterocycles. The van der Waals surface area contributed by atoms with Gasteiger partial charge in [-0.1, -0.05) is 54.1 Å². The van der Waals surface area contributed by atoms with Gasteiger partial charge in [-0.2, -0.15) is 13.2 Å². The summed E-state index contributed by atoms with van der Waals surface area (Å²) in [6.45, 7) is 5.91. The molecule has 5 heteroatoms. The Balaban J connectivity index is 1.76. The molecule has 0 aliphatic rings. The molecular formula is C28H21F3N2. The van der Waals surface area contributed by atoms with E-state index in [-0.39, 0.29) is 0 Å². The Labute approximate surface area is 189 Å². The summed E-state index contributed by atoms with van der Waals surface area (Å²) in [6.07, 6.45) is -4.36. The fraction of sp³-hybridized carbons (Fsp3) is 0.143. The lowest BCUT2D eigenvalue weighted by Crippen LogP contribution is -2.04. The molecular weight excluding hydrogens is 421 g/mol. The van der Waals surface area contributed by atoms with Crippen molar-refractivity contribution in [3.63, 3.8) is 0 Å². The standard InChI is InChI=1S/C28H21F3N2/c1-16-4-6-19(7-5-16)24-14-17(2)32-26-22(24)12-13-23-25(15-18(3)33-27(23)26)20-8-10-21(11-9-20)28(29,30)31/h4-15H,1-3H3. The maximum Gasteiger partial charge on any atom is 0.416 e. The third kappa shape index (κ3) is 3.84. The van der Waals surface area contributed by atoms with Crippen LogP contribution in [0, 0.1) is 20.8 Å². The highest BCUT2D eigenvalue weighted by atomic mass is 19.4. The van der Waals surface area contributed by atoms with Crippen LogP contribution in [0.5, 0.6) is 0 Å². The van der Waals surface area contributed by atoms with Crippen LogP contribution in [-0.4, -0.2) is 9.97 Å². The zero-order valence-corrected chi connectivity index (χ0v) is 18.5. The van der Waals surface area contributed by atoms with Crippen molar-refractivity contribution in [2.24, 2.45) is 0 Å². The number of fused-ring (bicyclic) bond motifs is 3. The van der Waals surface area contributed by atoms with Crippen molar-refractivity contribution in [3.8, 4) is 22.3 Å². The second-order valence-electron chi connectivity index (χ2n) is 8.42. The van der Waals surface area contributed by atoms with Gasteiger partial charge in [0.1, 0.15) is 0 Å². The number of hydrogen-bond acceptors (Lipinski definition) is 2. The molecule has 5 rings (SSSR count). The zero-order chi connectivity index (χ0) is 23.3. The van der Waals surface area contributed by atoms with Gasteiger partial charge in [0.05, 0.1) is 16.6 Å². The van der Waals surface area contributed by atoms with Crippen molar-refractivity contribution >= 4 is 21.8 Å². The molecule has 0 saturated carbocycles. The highest BCUT2D eigenvalue weighted by Gasteiger charge is 2.30. The molecule has 0 aliphatic heterocycles. The summed E-state index contributed by atoms with van der Waals surface area (Å²) >= 11 is 0. The van der Waals surface area contributed by atoms with Gasteiger partial charge in [-0.25, -0.2) is 0 Å². The fourth-order valence-electron chi connectivity index (χ4n) is 4.28. The maximum absolute atomic E-state index is 13.0. The Bertz CT molecular complexity index is 1500. The molecule has 164 valence electrons. The van der Waals surface area contributed by atoms with Crippen LogP contribution < -0.4 is 0 Å². The minimum absolute atomic E-state index is 0.660. The topological polar surface area (TPSA) is 25.8 Å². The summed E-state index contributed by atoms with van der Waals surface area (Å²) in [5.41, 5.74) is 7.47. The molecule has 5 aromatic rings. The van der Waals surface area contributed by atoms with Crippen molar-refractivity contribution in [2.75, 3.05) is 0 Å². The molecule has 0 aliphatic carbocycles. The first-order chi connectivity index (χ1) is 15.7. The molecule has 33 heavy (non-hydrogen) atoms. The third-order valence-corrected chi connectivity index (χ3v) is 5.90. The molecule has 0 atom stereocenters. The van der Waals surface area contributed by atoms with E-state index < -0.39 is 11.7 Å². The highest BCUT2D eigenvalue weighted by molar-refractivity contribution is 6.12. The van der Waals surface area contributed by atoms with E-state index in [1.807, 2.05) is 32.0 Å². The summed E-state index contributed by atoms with van der Waals surface area (Å²) in [7, 11) is 0. The largest absolute Gasteiger partial charge is 0.416 e. The number of aryl methyl sites for hydroxylation is 3. The van der Waals surface area contributed by atoms with Crippen LogP contribution in [0.2, 0.25) is 0 Å². The second kappa shape index (κ2) is 7.69. The van der Waals surface area contributed by atoms with E-state index in [1.165, 1.54) is 17.7 Å². The van der Waals surface area contributed by atoms with Gasteiger partial charge in [0.25, 0.3) is 0 Å². The van der Waals surface area contributed by atoms with Crippen molar-refractivity contribution in [3.05, 3.63) is 95.3 Å². The first-order valence-electron chi connectivity index (χ1n) is 10.7. The van der Waals surface area contributed by atoms with Crippen LogP contribution in [0.25, 0.3) is 44.1 Å². The number of alkyl halides is 3. The van der Waals surface area contributed by atoms with Gasteiger partial charge in [0.2, 0.25) is 0 Å². The Hall–Kier alpha value is -3.73. The van der Waals surface area contributed by atoms with E-state index in [4.69, 9.17) is 9.97 Å². The number of halogens is 3. The number of benzene rings is 3. The molecule has 0 amide bonds. The first-order valence-corrected chi connectivity index (χ1v) is 10.7. The van der Waals surface area contributed by atoms with Crippen LogP contribution in [0.3, 0.4) is 0 Å². The average molecular weight is 442 g/mol. The van der Waals surface area contributed by atoms with Gasteiger partial charge in [0.15, 0.2) is 0 Å². The first kappa shape index (κ1) is 21.1. The van der Waals surface area contributed by atoms with E-state index >= 15 is 0 Å². The minimum atomic E-state index is -4.36. The predicted octanol–water partition coefficient (Wildman–Crippen LogP) is 8.06. The summed E-state index contributed by atoms with van der Waals surface area (Å²) in [5, 5.41) is 1.86. The van der Waals surface area contributed by atoms with E-state index in [2.05, 4.69) is 37.3 Å². The summed E-state index contributed by atoms with van der Waals surface area (Å²) in [4.78, 5) is 9.61. The van der Waals surface area contributed by atoms with E-state index in [9.17, 15) is 13.2 Å². The lowest BCUT2D eigenvalue weighted by atomic mass is 9.95. The lowest BCUT2D eigenvalue weighted by molar-refractivity contribution is -0.137. The number of aromatic nitrogens is 2. The second-order valence-corrected chi connectivity index (χ2v) is 8.42. The SMILES string of the molecule is Cc1ccc(-c2cc(C)nc3c2ccc2c(-c4ccc(C(F)(F)F)cc4)cc(C)nc23)cc1. The lowest BCUT2D eigenvalue weighted by Gasteiger charge is -2.14. The van der Waals surface area contributed by atoms with E-state index in [1.54, 1.807) is 0 Å². The molecule has 0 bridgehead atoms. The maximum atomic E-state index is 13.0. The highest BCUT2D eigenvalue weighted by Crippen LogP contribution is 2.37. The fourth-order valence-corrected chi connectivity index (χ4v) is 4.28. The van der Waals surface area contributed by atoms with Gasteiger partial charge in [0, 0.05) is 22.2 Å². The quantitative estimate of drug-likeness (QED) is 0.258. The van der Waals surface area contributed by atoms with Gasteiger partial charge in [-0.15, -0.1) is 0 Å². The Morgan fingerprint density at radius 2 is 1.00 bits per heavy atom. The number of pyridine rings is 2. The van der Waals surface area contributed by atoms with Crippen molar-refractivity contribution < 1.29 is 13.2 Å². The third-order valence-electron chi connectivity index (χ3n) is 5.90. The van der Waals surface area contributed by atoms with Gasteiger partial charge >= 0.3 is 6.18 Å². The van der Waals surface area contributed by atoms with Crippen LogP contribution in [-0.2, 0) is 6.18 Å². The van der Waals surface area contributed by atoms with Crippen molar-refractivity contribution in [1.82, 2.24) is 9.97 Å². The molecule has 0 N–H and O–H groups in total. The molecule has 0 spiro atoms. The predicted molar refractivity (Wildman–Crippen MR) is 127 cm³/mol. The molecule has 0 unspecified atom stereocenters. The van der Waals surface area contributed by atoms with Crippen molar-refractivity contribution in [2.45, 2.75) is 26.9 Å². The summed E-state index contributed by atoms with van der Waals surface area (Å²) in [6, 6.07) is 21.7. The smallest absolute Gasteiger partial charge is 0.251 e. The Kier molecular flexibility index (Phi) is 4.93. The van der Waals surface area contributed by atoms with E-state index in [0.717, 1.165) is 62.0 Å². The monoisotopic (exact) mass is 442 g/mol. The van der Waals surface area contributed by atoms with Crippen molar-refractivity contribution in [1.29, 1.82) is 0 Å². The minimum Gasteiger partial charge on any atom is -0.251 e. The number of nitrogens with zero attached hydrogens (tertiary/aromatic N) is 2. The summed E-state index contributed by atoms with van der Waals surface area (Å²) in [5.74, 6) is 0. The Morgan fingerprint density at radius 1 is 0.576 bits per heavy atom. The van der Waals surface area contributed by atoms with Gasteiger partial charge in [-0.3, -0.25) is 9.97 Å². The molecule has 3 aromatic carbocycles. The molecule has 2 heterocycles. The molecule has 2 nitrogen and oxygen atoms in total. The average Bonchev–Trinajstić information content (AvgIpc) is 2.78. The van der Waals surface area contributed by atoms with Crippen LogP contribution in [0.15, 0.2) is 72.8 Å². The van der Waals surface area contributed by atoms with Gasteiger partial charge < -0.3 is 0 Å². The molecule has 0 fully saturated rings. The van der Waals surface area contributed by atoms with Crippen LogP contribution in [0.1, 0.15) is 22.5 Å². The zero-order valence-electron chi connectivity index (χ0n) is 18.5. The number of rotatable bonds is 2. The Morgan fingerprint density at radius 3 is 1.42 bits per heavy atom. The normalized spacial score (nSPS) is 11.9. The van der Waals surface area contributed by atoms with Gasteiger partial charge in [-0.05, 0) is 67.3 Å². The number of hydrogen-bond donors (Lipinski definition) is 0. The van der Waals surface area contributed by atoms with E-state index in [0.29, 0.717) is 5.56 Å². The summed E-state index contributed by atoms with van der Waals surface area (Å²) < 4.78 is 39.1.